The standard InChI is InChI=1S/C15H17ClF3NO2/c1-22-13-7-6-9(16)8-10(13)14(21)20-12-5-3-2-4-11(12)15(17,18)19/h6-8,11-12H,2-5H2,1H3,(H,20,21)/t11-,12+/m0/s1. The number of methoxy groups -OCH3 is 1. The average Bonchev–Trinajstić information content (AvgIpc) is 2.46. The molecular weight excluding hydrogens is 319 g/mol. The molecule has 1 N–H and O–H groups in total. The van der Waals surface area contributed by atoms with Gasteiger partial charge in [-0.1, -0.05) is 24.4 Å². The lowest BCUT2D eigenvalue weighted by Gasteiger charge is -2.33. The minimum Gasteiger partial charge on any atom is -0.496 e. The molecule has 1 aliphatic carbocycles. The molecular formula is C15H17ClF3NO2. The molecule has 1 fully saturated rings. The van der Waals surface area contributed by atoms with Crippen LogP contribution in [0.1, 0.15) is 36.0 Å². The molecule has 2 atom stereocenters. The van der Waals surface area contributed by atoms with Crippen LogP contribution in [-0.2, 0) is 0 Å². The van der Waals surface area contributed by atoms with Gasteiger partial charge in [0.25, 0.3) is 5.91 Å². The number of amides is 1. The summed E-state index contributed by atoms with van der Waals surface area (Å²) in [5, 5.41) is 2.82. The summed E-state index contributed by atoms with van der Waals surface area (Å²) in [5.74, 6) is -1.82. The van der Waals surface area contributed by atoms with E-state index in [0.29, 0.717) is 24.3 Å². The molecule has 0 aromatic heterocycles. The van der Waals surface area contributed by atoms with Crippen LogP contribution in [0.5, 0.6) is 5.75 Å². The summed E-state index contributed by atoms with van der Waals surface area (Å²) in [6.07, 6.45) is -2.75. The molecule has 0 radical (unpaired) electrons. The Morgan fingerprint density at radius 3 is 2.64 bits per heavy atom. The second-order valence-electron chi connectivity index (χ2n) is 5.36. The minimum absolute atomic E-state index is 0.0428. The van der Waals surface area contributed by atoms with Crippen molar-refractivity contribution in [1.29, 1.82) is 0 Å². The first kappa shape index (κ1) is 16.9. The first-order chi connectivity index (χ1) is 10.3. The molecule has 2 rings (SSSR count). The van der Waals surface area contributed by atoms with Gasteiger partial charge >= 0.3 is 6.18 Å². The highest BCUT2D eigenvalue weighted by Crippen LogP contribution is 2.38. The lowest BCUT2D eigenvalue weighted by molar-refractivity contribution is -0.187. The summed E-state index contributed by atoms with van der Waals surface area (Å²) >= 11 is 5.85. The van der Waals surface area contributed by atoms with E-state index in [2.05, 4.69) is 5.32 Å². The molecule has 122 valence electrons. The Morgan fingerprint density at radius 1 is 1.32 bits per heavy atom. The second-order valence-corrected chi connectivity index (χ2v) is 5.79. The molecule has 0 saturated heterocycles. The lowest BCUT2D eigenvalue weighted by Crippen LogP contribution is -2.47. The van der Waals surface area contributed by atoms with Crippen molar-refractivity contribution in [3.8, 4) is 5.75 Å². The van der Waals surface area contributed by atoms with Crippen LogP contribution in [0.25, 0.3) is 0 Å². The Kier molecular flexibility index (Phi) is 5.21. The molecule has 1 saturated carbocycles. The van der Waals surface area contributed by atoms with Crippen LogP contribution < -0.4 is 10.1 Å². The van der Waals surface area contributed by atoms with Crippen molar-refractivity contribution in [2.75, 3.05) is 7.11 Å². The number of ether oxygens (including phenoxy) is 1. The van der Waals surface area contributed by atoms with Crippen LogP contribution in [0.3, 0.4) is 0 Å². The largest absolute Gasteiger partial charge is 0.496 e. The van der Waals surface area contributed by atoms with Crippen LogP contribution in [0.4, 0.5) is 13.2 Å². The van der Waals surface area contributed by atoms with Gasteiger partial charge in [0, 0.05) is 11.1 Å². The monoisotopic (exact) mass is 335 g/mol. The first-order valence-electron chi connectivity index (χ1n) is 7.04. The third kappa shape index (κ3) is 3.85. The van der Waals surface area contributed by atoms with Gasteiger partial charge in [0.2, 0.25) is 0 Å². The number of carbonyl (C=O) groups excluding carboxylic acids is 1. The number of hydrogen-bond acceptors (Lipinski definition) is 2. The molecule has 0 bridgehead atoms. The predicted octanol–water partition coefficient (Wildman–Crippen LogP) is 4.20. The fourth-order valence-electron chi connectivity index (χ4n) is 2.80. The Balaban J connectivity index is 2.18. The van der Waals surface area contributed by atoms with Crippen LogP contribution in [0.2, 0.25) is 5.02 Å². The van der Waals surface area contributed by atoms with E-state index in [4.69, 9.17) is 16.3 Å². The molecule has 0 heterocycles. The minimum atomic E-state index is -4.31. The number of rotatable bonds is 3. The van der Waals surface area contributed by atoms with Gasteiger partial charge in [-0.2, -0.15) is 13.2 Å². The van der Waals surface area contributed by atoms with Crippen molar-refractivity contribution < 1.29 is 22.7 Å². The highest BCUT2D eigenvalue weighted by atomic mass is 35.5. The fraction of sp³-hybridized carbons (Fsp3) is 0.533. The van der Waals surface area contributed by atoms with E-state index >= 15 is 0 Å². The van der Waals surface area contributed by atoms with Gasteiger partial charge in [-0.15, -0.1) is 0 Å². The Morgan fingerprint density at radius 2 is 2.00 bits per heavy atom. The van der Waals surface area contributed by atoms with E-state index in [9.17, 15) is 18.0 Å². The van der Waals surface area contributed by atoms with Crippen molar-refractivity contribution in [2.45, 2.75) is 37.9 Å². The zero-order valence-corrected chi connectivity index (χ0v) is 12.8. The van der Waals surface area contributed by atoms with E-state index in [0.717, 1.165) is 0 Å². The number of hydrogen-bond donors (Lipinski definition) is 1. The van der Waals surface area contributed by atoms with Crippen LogP contribution in [0, 0.1) is 5.92 Å². The van der Waals surface area contributed by atoms with Crippen LogP contribution in [-0.4, -0.2) is 25.2 Å². The van der Waals surface area contributed by atoms with Gasteiger partial charge in [-0.05, 0) is 31.0 Å². The van der Waals surface area contributed by atoms with Crippen molar-refractivity contribution in [1.82, 2.24) is 5.32 Å². The maximum Gasteiger partial charge on any atom is 0.393 e. The third-order valence-corrected chi connectivity index (χ3v) is 4.14. The summed E-state index contributed by atoms with van der Waals surface area (Å²) in [7, 11) is 1.39. The molecule has 1 aromatic carbocycles. The highest BCUT2D eigenvalue weighted by Gasteiger charge is 2.46. The molecule has 0 spiro atoms. The zero-order chi connectivity index (χ0) is 16.3. The summed E-state index contributed by atoms with van der Waals surface area (Å²) in [4.78, 5) is 12.3. The van der Waals surface area contributed by atoms with Crippen molar-refractivity contribution in [2.24, 2.45) is 5.92 Å². The van der Waals surface area contributed by atoms with Gasteiger partial charge in [0.05, 0.1) is 18.6 Å². The topological polar surface area (TPSA) is 38.3 Å². The molecule has 0 unspecified atom stereocenters. The normalized spacial score (nSPS) is 22.2. The van der Waals surface area contributed by atoms with Gasteiger partial charge in [0.1, 0.15) is 5.75 Å². The number of halogens is 4. The van der Waals surface area contributed by atoms with E-state index in [1.807, 2.05) is 0 Å². The van der Waals surface area contributed by atoms with E-state index in [1.54, 1.807) is 6.07 Å². The Bertz CT molecular complexity index is 548. The molecule has 1 aromatic rings. The number of nitrogens with one attached hydrogen (secondary N) is 1. The first-order valence-corrected chi connectivity index (χ1v) is 7.42. The highest BCUT2D eigenvalue weighted by molar-refractivity contribution is 6.31. The van der Waals surface area contributed by atoms with Crippen molar-refractivity contribution in [3.63, 3.8) is 0 Å². The van der Waals surface area contributed by atoms with E-state index in [-0.39, 0.29) is 17.7 Å². The van der Waals surface area contributed by atoms with Gasteiger partial charge in [0.15, 0.2) is 0 Å². The smallest absolute Gasteiger partial charge is 0.393 e. The summed E-state index contributed by atoms with van der Waals surface area (Å²) in [6, 6.07) is 3.54. The van der Waals surface area contributed by atoms with Crippen molar-refractivity contribution in [3.05, 3.63) is 28.8 Å². The SMILES string of the molecule is COc1ccc(Cl)cc1C(=O)N[C@@H]1CCCC[C@@H]1C(F)(F)F. The summed E-state index contributed by atoms with van der Waals surface area (Å²) in [5.41, 5.74) is 0.140. The summed E-state index contributed by atoms with van der Waals surface area (Å²) in [6.45, 7) is 0. The molecule has 0 aliphatic heterocycles. The van der Waals surface area contributed by atoms with Crippen LogP contribution in [0.15, 0.2) is 18.2 Å². The molecule has 22 heavy (non-hydrogen) atoms. The van der Waals surface area contributed by atoms with E-state index < -0.39 is 24.0 Å². The average molecular weight is 336 g/mol. The zero-order valence-electron chi connectivity index (χ0n) is 12.0. The quantitative estimate of drug-likeness (QED) is 0.899. The summed E-state index contributed by atoms with van der Waals surface area (Å²) < 4.78 is 44.2. The molecule has 7 heteroatoms. The third-order valence-electron chi connectivity index (χ3n) is 3.91. The number of carbonyl (C=O) groups is 1. The lowest BCUT2D eigenvalue weighted by atomic mass is 9.84. The Labute approximate surface area is 131 Å². The van der Waals surface area contributed by atoms with Gasteiger partial charge in [-0.25, -0.2) is 0 Å². The number of alkyl halides is 3. The maximum atomic E-state index is 13.1. The fourth-order valence-corrected chi connectivity index (χ4v) is 2.97. The Hall–Kier alpha value is -1.43. The molecule has 3 nitrogen and oxygen atoms in total. The number of benzene rings is 1. The predicted molar refractivity (Wildman–Crippen MR) is 77.3 cm³/mol. The van der Waals surface area contributed by atoms with Crippen molar-refractivity contribution >= 4 is 17.5 Å². The van der Waals surface area contributed by atoms with Gasteiger partial charge in [-0.3, -0.25) is 4.79 Å². The maximum absolute atomic E-state index is 13.1. The molecule has 1 amide bonds. The van der Waals surface area contributed by atoms with E-state index in [1.165, 1.54) is 19.2 Å². The van der Waals surface area contributed by atoms with Gasteiger partial charge < -0.3 is 10.1 Å². The molecule has 1 aliphatic rings. The van der Waals surface area contributed by atoms with Crippen LogP contribution >= 0.6 is 11.6 Å². The second kappa shape index (κ2) is 6.77.